The summed E-state index contributed by atoms with van der Waals surface area (Å²) >= 11 is 1.84. The van der Waals surface area contributed by atoms with E-state index in [1.165, 1.54) is 20.9 Å². The van der Waals surface area contributed by atoms with Gasteiger partial charge in [0.1, 0.15) is 0 Å². The number of hydrogen-bond acceptors (Lipinski definition) is 2. The number of benzene rings is 2. The Morgan fingerprint density at radius 1 is 1.15 bits per heavy atom. The molecule has 26 heavy (non-hydrogen) atoms. The van der Waals surface area contributed by atoms with Gasteiger partial charge in [-0.2, -0.15) is 5.26 Å². The molecule has 0 spiro atoms. The molecule has 2 aromatic carbocycles. The lowest BCUT2D eigenvalue weighted by atomic mass is 9.69. The summed E-state index contributed by atoms with van der Waals surface area (Å²) in [4.78, 5) is 2.59. The van der Waals surface area contributed by atoms with E-state index in [1.54, 1.807) is 6.08 Å². The molecule has 0 atom stereocenters. The van der Waals surface area contributed by atoms with Crippen molar-refractivity contribution < 1.29 is 0 Å². The molecule has 0 amide bonds. The van der Waals surface area contributed by atoms with Crippen LogP contribution in [0.3, 0.4) is 0 Å². The van der Waals surface area contributed by atoms with E-state index in [-0.39, 0.29) is 5.41 Å². The molecule has 2 aromatic rings. The quantitative estimate of drug-likeness (QED) is 0.527. The van der Waals surface area contributed by atoms with E-state index in [1.807, 2.05) is 18.7 Å². The van der Waals surface area contributed by atoms with Gasteiger partial charge in [-0.05, 0) is 72.1 Å². The standard InChI is InChI=1S/C24H25NS/c1-4-24(5-2)15-13-23(26-20-9-7-6-8-10-20)21-17-19(11-12-22(21)24)18(3)14-16-25/h6-14,17H,4-5,15H2,1-3H3. The van der Waals surface area contributed by atoms with Crippen LogP contribution < -0.4 is 0 Å². The third kappa shape index (κ3) is 3.50. The van der Waals surface area contributed by atoms with Crippen LogP contribution in [0.15, 0.2) is 65.6 Å². The molecular weight excluding hydrogens is 334 g/mol. The van der Waals surface area contributed by atoms with E-state index < -0.39 is 0 Å². The Balaban J connectivity index is 2.10. The highest BCUT2D eigenvalue weighted by atomic mass is 32.2. The minimum Gasteiger partial charge on any atom is -0.193 e. The lowest BCUT2D eigenvalue weighted by Crippen LogP contribution is -2.27. The molecule has 132 valence electrons. The third-order valence-electron chi connectivity index (χ3n) is 5.60. The smallest absolute Gasteiger partial charge is 0.0915 e. The molecule has 0 aromatic heterocycles. The zero-order valence-electron chi connectivity index (χ0n) is 15.8. The average Bonchev–Trinajstić information content (AvgIpc) is 2.69. The molecule has 0 saturated heterocycles. The number of thioether (sulfide) groups is 1. The van der Waals surface area contributed by atoms with E-state index >= 15 is 0 Å². The minimum absolute atomic E-state index is 0.224. The minimum atomic E-state index is 0.224. The molecule has 1 aliphatic carbocycles. The number of nitrogens with zero attached hydrogens (tertiary/aromatic N) is 1. The number of hydrogen-bond donors (Lipinski definition) is 0. The van der Waals surface area contributed by atoms with Gasteiger partial charge >= 0.3 is 0 Å². The highest BCUT2D eigenvalue weighted by Gasteiger charge is 2.34. The Morgan fingerprint density at radius 3 is 2.54 bits per heavy atom. The van der Waals surface area contributed by atoms with Gasteiger partial charge in [-0.1, -0.05) is 62.0 Å². The van der Waals surface area contributed by atoms with Crippen molar-refractivity contribution in [3.8, 4) is 6.07 Å². The van der Waals surface area contributed by atoms with Crippen LogP contribution in [-0.4, -0.2) is 0 Å². The van der Waals surface area contributed by atoms with E-state index in [0.717, 1.165) is 30.4 Å². The van der Waals surface area contributed by atoms with Crippen LogP contribution >= 0.6 is 11.8 Å². The molecule has 0 bridgehead atoms. The first kappa shape index (κ1) is 18.5. The maximum atomic E-state index is 9.00. The van der Waals surface area contributed by atoms with Gasteiger partial charge in [0.25, 0.3) is 0 Å². The average molecular weight is 360 g/mol. The van der Waals surface area contributed by atoms with Crippen molar-refractivity contribution in [2.75, 3.05) is 0 Å². The lowest BCUT2D eigenvalue weighted by Gasteiger charge is -2.37. The zero-order valence-corrected chi connectivity index (χ0v) is 16.6. The van der Waals surface area contributed by atoms with Crippen LogP contribution in [0.4, 0.5) is 0 Å². The van der Waals surface area contributed by atoms with Crippen molar-refractivity contribution in [1.29, 1.82) is 5.26 Å². The van der Waals surface area contributed by atoms with Gasteiger partial charge in [0.05, 0.1) is 6.07 Å². The summed E-state index contributed by atoms with van der Waals surface area (Å²) in [5.41, 5.74) is 5.16. The summed E-state index contributed by atoms with van der Waals surface area (Å²) in [6, 6.07) is 19.5. The van der Waals surface area contributed by atoms with E-state index in [9.17, 15) is 0 Å². The normalized spacial score (nSPS) is 15.8. The van der Waals surface area contributed by atoms with E-state index in [2.05, 4.69) is 74.5 Å². The van der Waals surface area contributed by atoms with Gasteiger partial charge in [0, 0.05) is 15.9 Å². The van der Waals surface area contributed by atoms with Crippen LogP contribution in [0, 0.1) is 11.3 Å². The lowest BCUT2D eigenvalue weighted by molar-refractivity contribution is 0.396. The summed E-state index contributed by atoms with van der Waals surface area (Å²) in [5.74, 6) is 0. The first-order chi connectivity index (χ1) is 12.6. The van der Waals surface area contributed by atoms with Crippen molar-refractivity contribution in [3.63, 3.8) is 0 Å². The van der Waals surface area contributed by atoms with Gasteiger partial charge in [-0.3, -0.25) is 0 Å². The molecule has 0 N–H and O–H groups in total. The predicted octanol–water partition coefficient (Wildman–Crippen LogP) is 7.21. The van der Waals surface area contributed by atoms with Crippen LogP contribution in [0.2, 0.25) is 0 Å². The summed E-state index contributed by atoms with van der Waals surface area (Å²) < 4.78 is 0. The maximum absolute atomic E-state index is 9.00. The second kappa shape index (κ2) is 7.98. The first-order valence-corrected chi connectivity index (χ1v) is 10.1. The molecule has 2 heteroatoms. The first-order valence-electron chi connectivity index (χ1n) is 9.28. The molecular formula is C24H25NS. The Labute approximate surface area is 161 Å². The number of fused-ring (bicyclic) bond motifs is 1. The monoisotopic (exact) mass is 359 g/mol. The van der Waals surface area contributed by atoms with Crippen molar-refractivity contribution in [2.24, 2.45) is 0 Å². The topological polar surface area (TPSA) is 23.8 Å². The van der Waals surface area contributed by atoms with Gasteiger partial charge in [-0.15, -0.1) is 0 Å². The van der Waals surface area contributed by atoms with Crippen LogP contribution in [0.5, 0.6) is 0 Å². The van der Waals surface area contributed by atoms with Gasteiger partial charge in [-0.25, -0.2) is 0 Å². The van der Waals surface area contributed by atoms with Gasteiger partial charge < -0.3 is 0 Å². The molecule has 0 radical (unpaired) electrons. The SMILES string of the molecule is CCC1(CC)CC=C(Sc2ccccc2)c2cc(C(C)=CC#N)ccc21. The van der Waals surface area contributed by atoms with E-state index in [4.69, 9.17) is 5.26 Å². The molecule has 1 nitrogen and oxygen atoms in total. The number of nitriles is 1. The van der Waals surface area contributed by atoms with Crippen molar-refractivity contribution >= 4 is 22.2 Å². The van der Waals surface area contributed by atoms with Crippen molar-refractivity contribution in [3.05, 3.63) is 77.4 Å². The summed E-state index contributed by atoms with van der Waals surface area (Å²) in [6.45, 7) is 6.60. The fourth-order valence-electron chi connectivity index (χ4n) is 3.78. The molecule has 0 unspecified atom stereocenters. The maximum Gasteiger partial charge on any atom is 0.0915 e. The highest BCUT2D eigenvalue weighted by Crippen LogP contribution is 2.48. The number of allylic oxidation sites excluding steroid dienone is 3. The van der Waals surface area contributed by atoms with E-state index in [0.29, 0.717) is 0 Å². The Bertz CT molecular complexity index is 880. The summed E-state index contributed by atoms with van der Waals surface area (Å²) in [5, 5.41) is 9.00. The fourth-order valence-corrected chi connectivity index (χ4v) is 4.77. The Kier molecular flexibility index (Phi) is 5.69. The second-order valence-corrected chi connectivity index (χ2v) is 8.01. The zero-order chi connectivity index (χ0) is 18.6. The van der Waals surface area contributed by atoms with Crippen molar-refractivity contribution in [2.45, 2.75) is 50.3 Å². The van der Waals surface area contributed by atoms with Gasteiger partial charge in [0.2, 0.25) is 0 Å². The van der Waals surface area contributed by atoms with Crippen molar-refractivity contribution in [1.82, 2.24) is 0 Å². The van der Waals surface area contributed by atoms with Gasteiger partial charge in [0.15, 0.2) is 0 Å². The van der Waals surface area contributed by atoms with Crippen LogP contribution in [0.1, 0.15) is 56.7 Å². The largest absolute Gasteiger partial charge is 0.193 e. The predicted molar refractivity (Wildman–Crippen MR) is 113 cm³/mol. The fraction of sp³-hybridized carbons (Fsp3) is 0.292. The Hall–Kier alpha value is -2.24. The van der Waals surface area contributed by atoms with Crippen LogP contribution in [-0.2, 0) is 5.41 Å². The number of rotatable bonds is 5. The molecule has 0 heterocycles. The molecule has 1 aliphatic rings. The molecule has 3 rings (SSSR count). The highest BCUT2D eigenvalue weighted by molar-refractivity contribution is 8.08. The third-order valence-corrected chi connectivity index (χ3v) is 6.71. The molecule has 0 aliphatic heterocycles. The molecule has 0 saturated carbocycles. The summed E-state index contributed by atoms with van der Waals surface area (Å²) in [7, 11) is 0. The second-order valence-electron chi connectivity index (χ2n) is 6.89. The summed E-state index contributed by atoms with van der Waals surface area (Å²) in [6.07, 6.45) is 7.42. The Morgan fingerprint density at radius 2 is 1.88 bits per heavy atom. The molecule has 0 fully saturated rings. The van der Waals surface area contributed by atoms with Crippen LogP contribution in [0.25, 0.3) is 10.5 Å².